The van der Waals surface area contributed by atoms with Gasteiger partial charge in [0.2, 0.25) is 5.91 Å². The highest BCUT2D eigenvalue weighted by Gasteiger charge is 2.29. The van der Waals surface area contributed by atoms with Gasteiger partial charge in [0.1, 0.15) is 6.54 Å². The fraction of sp³-hybridized carbons (Fsp3) is 0.538. The maximum Gasteiger partial charge on any atom is 0.328 e. The number of aromatic nitrogens is 2. The molecule has 0 bridgehead atoms. The van der Waals surface area contributed by atoms with Crippen LogP contribution in [-0.2, 0) is 20.9 Å². The van der Waals surface area contributed by atoms with Crippen molar-refractivity contribution in [2.45, 2.75) is 19.4 Å². The van der Waals surface area contributed by atoms with E-state index in [-0.39, 0.29) is 24.3 Å². The number of hydrogen-bond donors (Lipinski definition) is 1. The fourth-order valence-corrected chi connectivity index (χ4v) is 2.38. The van der Waals surface area contributed by atoms with Crippen molar-refractivity contribution in [2.75, 3.05) is 20.2 Å². The molecule has 1 aromatic rings. The van der Waals surface area contributed by atoms with E-state index in [1.54, 1.807) is 4.90 Å². The van der Waals surface area contributed by atoms with E-state index in [2.05, 4.69) is 4.98 Å². The van der Waals surface area contributed by atoms with Crippen LogP contribution in [0.2, 0.25) is 0 Å². The van der Waals surface area contributed by atoms with Gasteiger partial charge in [0.15, 0.2) is 0 Å². The van der Waals surface area contributed by atoms with Gasteiger partial charge in [-0.15, -0.1) is 0 Å². The van der Waals surface area contributed by atoms with Crippen molar-refractivity contribution in [3.63, 3.8) is 0 Å². The topological polar surface area (TPSA) is 101 Å². The third-order valence-electron chi connectivity index (χ3n) is 3.51. The molecular weight excluding hydrogens is 278 g/mol. The van der Waals surface area contributed by atoms with Gasteiger partial charge in [0.05, 0.1) is 13.0 Å². The number of esters is 1. The van der Waals surface area contributed by atoms with E-state index >= 15 is 0 Å². The molecule has 1 amide bonds. The maximum absolute atomic E-state index is 12.2. The summed E-state index contributed by atoms with van der Waals surface area (Å²) >= 11 is 0. The number of carbonyl (C=O) groups excluding carboxylic acids is 2. The lowest BCUT2D eigenvalue weighted by Crippen LogP contribution is -2.45. The molecule has 0 aromatic carbocycles. The highest BCUT2D eigenvalue weighted by Crippen LogP contribution is 2.17. The van der Waals surface area contributed by atoms with E-state index < -0.39 is 11.2 Å². The quantitative estimate of drug-likeness (QED) is 0.717. The summed E-state index contributed by atoms with van der Waals surface area (Å²) in [5.41, 5.74) is -1.13. The van der Waals surface area contributed by atoms with Gasteiger partial charge in [0, 0.05) is 25.4 Å². The molecule has 2 rings (SSSR count). The second-order valence-corrected chi connectivity index (χ2v) is 4.94. The predicted octanol–water partition coefficient (Wildman–Crippen LogP) is -1.05. The minimum atomic E-state index is -0.627. The number of hydrogen-bond acceptors (Lipinski definition) is 5. The van der Waals surface area contributed by atoms with Crippen molar-refractivity contribution in [1.29, 1.82) is 0 Å². The summed E-state index contributed by atoms with van der Waals surface area (Å²) in [5.74, 6) is -0.911. The number of likely N-dealkylation sites (tertiary alicyclic amines) is 1. The fourth-order valence-electron chi connectivity index (χ4n) is 2.38. The second kappa shape index (κ2) is 6.38. The van der Waals surface area contributed by atoms with Gasteiger partial charge >= 0.3 is 11.7 Å². The van der Waals surface area contributed by atoms with Crippen LogP contribution in [0.4, 0.5) is 0 Å². The number of nitrogens with one attached hydrogen (secondary N) is 1. The smallest absolute Gasteiger partial charge is 0.328 e. The zero-order chi connectivity index (χ0) is 15.4. The maximum atomic E-state index is 12.2. The van der Waals surface area contributed by atoms with Crippen LogP contribution >= 0.6 is 0 Å². The number of rotatable bonds is 3. The number of aromatic amines is 1. The summed E-state index contributed by atoms with van der Waals surface area (Å²) < 4.78 is 5.83. The highest BCUT2D eigenvalue weighted by molar-refractivity contribution is 5.78. The Kier molecular flexibility index (Phi) is 4.56. The molecule has 0 spiro atoms. The normalized spacial score (nSPS) is 18.3. The first kappa shape index (κ1) is 15.0. The summed E-state index contributed by atoms with van der Waals surface area (Å²) in [5, 5.41) is 0. The van der Waals surface area contributed by atoms with E-state index in [0.29, 0.717) is 25.9 Å². The molecule has 0 unspecified atom stereocenters. The molecule has 0 saturated carbocycles. The first-order valence-electron chi connectivity index (χ1n) is 6.66. The van der Waals surface area contributed by atoms with E-state index in [9.17, 15) is 19.2 Å². The van der Waals surface area contributed by atoms with Gasteiger partial charge in [-0.1, -0.05) is 0 Å². The third kappa shape index (κ3) is 3.59. The van der Waals surface area contributed by atoms with Crippen LogP contribution in [0.25, 0.3) is 0 Å². The van der Waals surface area contributed by atoms with Gasteiger partial charge in [-0.2, -0.15) is 0 Å². The Morgan fingerprint density at radius 3 is 2.86 bits per heavy atom. The third-order valence-corrected chi connectivity index (χ3v) is 3.51. The molecule has 1 aliphatic rings. The van der Waals surface area contributed by atoms with Crippen LogP contribution < -0.4 is 11.2 Å². The zero-order valence-corrected chi connectivity index (χ0v) is 11.7. The molecule has 21 heavy (non-hydrogen) atoms. The van der Waals surface area contributed by atoms with Crippen molar-refractivity contribution in [1.82, 2.24) is 14.5 Å². The summed E-state index contributed by atoms with van der Waals surface area (Å²) in [6.07, 6.45) is 2.68. The van der Waals surface area contributed by atoms with Gasteiger partial charge in [-0.05, 0) is 12.8 Å². The SMILES string of the molecule is COC(=O)[C@H]1CCCN(C(=O)Cn2ccc(=O)[nH]c2=O)C1. The van der Waals surface area contributed by atoms with Gasteiger partial charge in [-0.3, -0.25) is 23.9 Å². The van der Waals surface area contributed by atoms with Gasteiger partial charge < -0.3 is 9.64 Å². The lowest BCUT2D eigenvalue weighted by molar-refractivity contribution is -0.149. The predicted molar refractivity (Wildman–Crippen MR) is 72.6 cm³/mol. The van der Waals surface area contributed by atoms with Crippen molar-refractivity contribution >= 4 is 11.9 Å². The summed E-state index contributed by atoms with van der Waals surface area (Å²) in [6.45, 7) is 0.678. The molecule has 114 valence electrons. The monoisotopic (exact) mass is 295 g/mol. The number of H-pyrrole nitrogens is 1. The van der Waals surface area contributed by atoms with E-state index in [1.165, 1.54) is 19.4 Å². The molecule has 1 N–H and O–H groups in total. The first-order valence-corrected chi connectivity index (χ1v) is 6.66. The first-order chi connectivity index (χ1) is 10.0. The Hall–Kier alpha value is -2.38. The Labute approximate surface area is 120 Å². The van der Waals surface area contributed by atoms with Crippen molar-refractivity contribution < 1.29 is 14.3 Å². The molecule has 1 aliphatic heterocycles. The lowest BCUT2D eigenvalue weighted by Gasteiger charge is -2.31. The van der Waals surface area contributed by atoms with Crippen LogP contribution in [0.15, 0.2) is 21.9 Å². The Bertz CT molecular complexity index is 648. The summed E-state index contributed by atoms with van der Waals surface area (Å²) in [4.78, 5) is 49.9. The number of ether oxygens (including phenoxy) is 1. The lowest BCUT2D eigenvalue weighted by atomic mass is 9.98. The van der Waals surface area contributed by atoms with Crippen LogP contribution in [-0.4, -0.2) is 46.5 Å². The van der Waals surface area contributed by atoms with Crippen molar-refractivity contribution in [3.8, 4) is 0 Å². The minimum absolute atomic E-state index is 0.163. The Balaban J connectivity index is 2.04. The Morgan fingerprint density at radius 2 is 2.19 bits per heavy atom. The Morgan fingerprint density at radius 1 is 1.43 bits per heavy atom. The molecule has 0 radical (unpaired) electrons. The molecular formula is C13H17N3O5. The van der Waals surface area contributed by atoms with Gasteiger partial charge in [-0.25, -0.2) is 4.79 Å². The van der Waals surface area contributed by atoms with E-state index in [0.717, 1.165) is 4.57 Å². The molecule has 8 heteroatoms. The van der Waals surface area contributed by atoms with Crippen LogP contribution in [0.5, 0.6) is 0 Å². The van der Waals surface area contributed by atoms with Crippen LogP contribution in [0.3, 0.4) is 0 Å². The number of methoxy groups -OCH3 is 1. The van der Waals surface area contributed by atoms with Gasteiger partial charge in [0.25, 0.3) is 5.56 Å². The average molecular weight is 295 g/mol. The highest BCUT2D eigenvalue weighted by atomic mass is 16.5. The molecule has 1 atom stereocenters. The number of nitrogens with zero attached hydrogens (tertiary/aromatic N) is 2. The second-order valence-electron chi connectivity index (χ2n) is 4.94. The molecule has 2 heterocycles. The van der Waals surface area contributed by atoms with Crippen LogP contribution in [0.1, 0.15) is 12.8 Å². The van der Waals surface area contributed by atoms with E-state index in [4.69, 9.17) is 4.74 Å². The van der Waals surface area contributed by atoms with Crippen molar-refractivity contribution in [3.05, 3.63) is 33.1 Å². The summed E-state index contributed by atoms with van der Waals surface area (Å²) in [6, 6.07) is 1.18. The minimum Gasteiger partial charge on any atom is -0.469 e. The zero-order valence-electron chi connectivity index (χ0n) is 11.7. The molecule has 1 aromatic heterocycles. The average Bonchev–Trinajstić information content (AvgIpc) is 2.49. The van der Waals surface area contributed by atoms with E-state index in [1.807, 2.05) is 0 Å². The molecule has 1 fully saturated rings. The number of piperidine rings is 1. The number of amides is 1. The van der Waals surface area contributed by atoms with Crippen LogP contribution in [0, 0.1) is 5.92 Å². The molecule has 1 saturated heterocycles. The molecule has 8 nitrogen and oxygen atoms in total. The standard InChI is InChI=1S/C13H17N3O5/c1-21-12(19)9-3-2-5-15(7-9)11(18)8-16-6-4-10(17)14-13(16)20/h4,6,9H,2-3,5,7-8H2,1H3,(H,14,17,20)/t9-/m0/s1. The number of carbonyl (C=O) groups is 2. The van der Waals surface area contributed by atoms with Crippen molar-refractivity contribution in [2.24, 2.45) is 5.92 Å². The molecule has 0 aliphatic carbocycles. The largest absolute Gasteiger partial charge is 0.469 e. The summed E-state index contributed by atoms with van der Waals surface area (Å²) in [7, 11) is 1.32.